The minimum atomic E-state index is 0.259. The summed E-state index contributed by atoms with van der Waals surface area (Å²) in [6, 6.07) is 15.0. The average molecular weight is 379 g/mol. The van der Waals surface area contributed by atoms with Crippen molar-refractivity contribution in [1.82, 2.24) is 15.1 Å². The smallest absolute Gasteiger partial charge is 0.194 e. The van der Waals surface area contributed by atoms with E-state index >= 15 is 0 Å². The summed E-state index contributed by atoms with van der Waals surface area (Å²) < 4.78 is 5.74. The fourth-order valence-electron chi connectivity index (χ4n) is 4.24. The molecule has 0 saturated carbocycles. The Morgan fingerprint density at radius 3 is 2.57 bits per heavy atom. The second kappa shape index (κ2) is 9.11. The lowest BCUT2D eigenvalue weighted by atomic mass is 10.00. The summed E-state index contributed by atoms with van der Waals surface area (Å²) in [6.07, 6.45) is 7.68. The van der Waals surface area contributed by atoms with Crippen LogP contribution < -0.4 is 5.32 Å². The number of likely N-dealkylation sites (tertiary alicyclic amines) is 1. The lowest BCUT2D eigenvalue weighted by Crippen LogP contribution is -2.46. The normalized spacial score (nSPS) is 19.5. The molecule has 0 bridgehead atoms. The van der Waals surface area contributed by atoms with Crippen LogP contribution in [-0.2, 0) is 0 Å². The molecule has 2 aliphatic rings. The molecule has 2 aromatic rings. The maximum Gasteiger partial charge on any atom is 0.194 e. The van der Waals surface area contributed by atoms with Crippen LogP contribution in [0.1, 0.15) is 36.6 Å². The standard InChI is InChI=1S/C23H30N4O/c1-24-23(27-15-11-20(12-16-27)19-8-3-2-4-9-19)25-18-21(22-10-7-17-28-22)26-13-5-6-14-26/h2-4,7-11,17,21H,5-6,12-16,18H2,1H3,(H,24,25). The van der Waals surface area contributed by atoms with Gasteiger partial charge in [-0.1, -0.05) is 36.4 Å². The number of aliphatic imine (C=N–C) groups is 1. The monoisotopic (exact) mass is 378 g/mol. The van der Waals surface area contributed by atoms with E-state index in [1.165, 1.54) is 24.0 Å². The molecule has 2 aliphatic heterocycles. The van der Waals surface area contributed by atoms with E-state index in [1.807, 2.05) is 13.1 Å². The van der Waals surface area contributed by atoms with Crippen LogP contribution in [0.3, 0.4) is 0 Å². The van der Waals surface area contributed by atoms with Gasteiger partial charge in [-0.3, -0.25) is 9.89 Å². The van der Waals surface area contributed by atoms with Gasteiger partial charge < -0.3 is 14.6 Å². The summed E-state index contributed by atoms with van der Waals surface area (Å²) in [4.78, 5) is 9.39. The molecular formula is C23H30N4O. The van der Waals surface area contributed by atoms with Crippen LogP contribution in [0.15, 0.2) is 64.2 Å². The molecule has 1 saturated heterocycles. The predicted molar refractivity (Wildman–Crippen MR) is 114 cm³/mol. The topological polar surface area (TPSA) is 44.0 Å². The van der Waals surface area contributed by atoms with Crippen LogP contribution in [0, 0.1) is 0 Å². The molecule has 1 unspecified atom stereocenters. The molecule has 0 spiro atoms. The van der Waals surface area contributed by atoms with E-state index in [0.29, 0.717) is 0 Å². The van der Waals surface area contributed by atoms with E-state index < -0.39 is 0 Å². The van der Waals surface area contributed by atoms with Gasteiger partial charge in [-0.2, -0.15) is 0 Å². The van der Waals surface area contributed by atoms with Gasteiger partial charge in [-0.05, 0) is 55.6 Å². The second-order valence-electron chi connectivity index (χ2n) is 7.49. The quantitative estimate of drug-likeness (QED) is 0.635. The molecule has 28 heavy (non-hydrogen) atoms. The maximum atomic E-state index is 5.74. The van der Waals surface area contributed by atoms with Crippen molar-refractivity contribution in [1.29, 1.82) is 0 Å². The Bertz CT molecular complexity index is 791. The zero-order valence-corrected chi connectivity index (χ0v) is 16.7. The van der Waals surface area contributed by atoms with Gasteiger partial charge in [0.15, 0.2) is 5.96 Å². The first-order valence-corrected chi connectivity index (χ1v) is 10.3. The third-order valence-electron chi connectivity index (χ3n) is 5.77. The van der Waals surface area contributed by atoms with E-state index in [4.69, 9.17) is 4.42 Å². The highest BCUT2D eigenvalue weighted by atomic mass is 16.3. The molecule has 5 nitrogen and oxygen atoms in total. The van der Waals surface area contributed by atoms with Crippen molar-refractivity contribution in [3.05, 3.63) is 66.1 Å². The number of furan rings is 1. The van der Waals surface area contributed by atoms with Crippen LogP contribution in [0.2, 0.25) is 0 Å². The number of benzene rings is 1. The first kappa shape index (κ1) is 18.8. The molecule has 0 amide bonds. The number of nitrogens with one attached hydrogen (secondary N) is 1. The fraction of sp³-hybridized carbons (Fsp3) is 0.435. The summed E-state index contributed by atoms with van der Waals surface area (Å²) in [5, 5.41) is 3.60. The zero-order valence-electron chi connectivity index (χ0n) is 16.7. The lowest BCUT2D eigenvalue weighted by Gasteiger charge is -2.32. The van der Waals surface area contributed by atoms with Gasteiger partial charge in [0.05, 0.1) is 12.3 Å². The van der Waals surface area contributed by atoms with Crippen LogP contribution in [-0.4, -0.2) is 55.5 Å². The average Bonchev–Trinajstić information content (AvgIpc) is 3.47. The van der Waals surface area contributed by atoms with Crippen molar-refractivity contribution in [2.75, 3.05) is 39.8 Å². The SMILES string of the molecule is CN=C(NCC(c1ccco1)N1CCCC1)N1CC=C(c2ccccc2)CC1. The van der Waals surface area contributed by atoms with Crippen molar-refractivity contribution >= 4 is 11.5 Å². The van der Waals surface area contributed by atoms with Crippen molar-refractivity contribution in [3.8, 4) is 0 Å². The highest BCUT2D eigenvalue weighted by Crippen LogP contribution is 2.25. The van der Waals surface area contributed by atoms with Crippen LogP contribution in [0.25, 0.3) is 5.57 Å². The number of rotatable bonds is 5. The third-order valence-corrected chi connectivity index (χ3v) is 5.77. The van der Waals surface area contributed by atoms with E-state index in [-0.39, 0.29) is 6.04 Å². The Balaban J connectivity index is 1.39. The Hall–Kier alpha value is -2.53. The molecule has 1 aromatic heterocycles. The van der Waals surface area contributed by atoms with E-state index in [0.717, 1.165) is 50.9 Å². The first-order valence-electron chi connectivity index (χ1n) is 10.3. The van der Waals surface area contributed by atoms with Gasteiger partial charge in [-0.25, -0.2) is 0 Å². The Morgan fingerprint density at radius 1 is 1.11 bits per heavy atom. The van der Waals surface area contributed by atoms with Gasteiger partial charge >= 0.3 is 0 Å². The van der Waals surface area contributed by atoms with Crippen molar-refractivity contribution in [2.45, 2.75) is 25.3 Å². The van der Waals surface area contributed by atoms with Gasteiger partial charge in [0, 0.05) is 26.7 Å². The van der Waals surface area contributed by atoms with Crippen molar-refractivity contribution < 1.29 is 4.42 Å². The number of nitrogens with zero attached hydrogens (tertiary/aromatic N) is 3. The summed E-state index contributed by atoms with van der Waals surface area (Å²) in [5.74, 6) is 2.01. The minimum Gasteiger partial charge on any atom is -0.468 e. The number of hydrogen-bond acceptors (Lipinski definition) is 3. The molecule has 1 fully saturated rings. The molecule has 0 radical (unpaired) electrons. The maximum absolute atomic E-state index is 5.74. The molecule has 1 N–H and O–H groups in total. The van der Waals surface area contributed by atoms with Crippen LogP contribution in [0.5, 0.6) is 0 Å². The highest BCUT2D eigenvalue weighted by molar-refractivity contribution is 5.81. The van der Waals surface area contributed by atoms with E-state index in [2.05, 4.69) is 62.6 Å². The Labute approximate surface area is 167 Å². The predicted octanol–water partition coefficient (Wildman–Crippen LogP) is 3.78. The molecule has 0 aliphatic carbocycles. The molecule has 4 rings (SSSR count). The minimum absolute atomic E-state index is 0.259. The summed E-state index contributed by atoms with van der Waals surface area (Å²) in [7, 11) is 1.87. The summed E-state index contributed by atoms with van der Waals surface area (Å²) >= 11 is 0. The Morgan fingerprint density at radius 2 is 1.93 bits per heavy atom. The van der Waals surface area contributed by atoms with E-state index in [1.54, 1.807) is 6.26 Å². The van der Waals surface area contributed by atoms with Crippen LogP contribution >= 0.6 is 0 Å². The lowest BCUT2D eigenvalue weighted by molar-refractivity contribution is 0.214. The summed E-state index contributed by atoms with van der Waals surface area (Å²) in [5.41, 5.74) is 2.76. The molecule has 148 valence electrons. The largest absolute Gasteiger partial charge is 0.468 e. The number of hydrogen-bond donors (Lipinski definition) is 1. The third kappa shape index (κ3) is 4.30. The molecular weight excluding hydrogens is 348 g/mol. The van der Waals surface area contributed by atoms with Gasteiger partial charge in [0.2, 0.25) is 0 Å². The van der Waals surface area contributed by atoms with Crippen molar-refractivity contribution in [2.24, 2.45) is 4.99 Å². The van der Waals surface area contributed by atoms with Gasteiger partial charge in [-0.15, -0.1) is 0 Å². The first-order chi connectivity index (χ1) is 13.8. The number of guanidine groups is 1. The second-order valence-corrected chi connectivity index (χ2v) is 7.49. The van der Waals surface area contributed by atoms with Gasteiger partial charge in [0.1, 0.15) is 5.76 Å². The molecule has 1 aromatic carbocycles. The molecule has 1 atom stereocenters. The van der Waals surface area contributed by atoms with E-state index in [9.17, 15) is 0 Å². The summed E-state index contributed by atoms with van der Waals surface area (Å²) in [6.45, 7) is 4.96. The van der Waals surface area contributed by atoms with Crippen LogP contribution in [0.4, 0.5) is 0 Å². The Kier molecular flexibility index (Phi) is 6.12. The fourth-order valence-corrected chi connectivity index (χ4v) is 4.24. The molecule has 5 heteroatoms. The van der Waals surface area contributed by atoms with Crippen molar-refractivity contribution in [3.63, 3.8) is 0 Å². The van der Waals surface area contributed by atoms with Gasteiger partial charge in [0.25, 0.3) is 0 Å². The zero-order chi connectivity index (χ0) is 19.2. The highest BCUT2D eigenvalue weighted by Gasteiger charge is 2.26. The molecule has 3 heterocycles.